The zero-order valence-corrected chi connectivity index (χ0v) is 28.3. The number of esters is 1. The fourth-order valence-electron chi connectivity index (χ4n) is 6.33. The van der Waals surface area contributed by atoms with Gasteiger partial charge in [0.1, 0.15) is 11.4 Å². The number of benzene rings is 3. The van der Waals surface area contributed by atoms with Crippen LogP contribution in [0, 0.1) is 27.7 Å². The predicted molar refractivity (Wildman–Crippen MR) is 179 cm³/mol. The number of para-hydroxylation sites is 1. The number of fused-ring (bicyclic) bond motifs is 1. The van der Waals surface area contributed by atoms with Gasteiger partial charge in [-0.15, -0.1) is 0 Å². The molecule has 47 heavy (non-hydrogen) atoms. The molecule has 3 aromatic carbocycles. The normalized spacial score (nSPS) is 11.8. The summed E-state index contributed by atoms with van der Waals surface area (Å²) in [6.45, 7) is 9.84. The number of ether oxygens (including phenoxy) is 2. The first-order valence-electron chi connectivity index (χ1n) is 15.6. The summed E-state index contributed by atoms with van der Waals surface area (Å²) in [6, 6.07) is 16.2. The maximum atomic E-state index is 15.2. The molecule has 0 saturated heterocycles. The van der Waals surface area contributed by atoms with Crippen molar-refractivity contribution in [1.82, 2.24) is 14.3 Å². The van der Waals surface area contributed by atoms with Gasteiger partial charge in [-0.25, -0.2) is 0 Å². The van der Waals surface area contributed by atoms with Gasteiger partial charge in [-0.1, -0.05) is 54.1 Å². The largest absolute Gasteiger partial charge is 0.494 e. The highest BCUT2D eigenvalue weighted by atomic mass is 35.5. The minimum atomic E-state index is -4.63. The highest BCUT2D eigenvalue weighted by Crippen LogP contribution is 2.43. The smallest absolute Gasteiger partial charge is 0.431 e. The predicted octanol–water partition coefficient (Wildman–Crippen LogP) is 9.11. The molecule has 0 aliphatic heterocycles. The maximum Gasteiger partial charge on any atom is 0.431 e. The van der Waals surface area contributed by atoms with Crippen molar-refractivity contribution in [1.29, 1.82) is 0 Å². The van der Waals surface area contributed by atoms with Crippen molar-refractivity contribution in [3.8, 4) is 16.9 Å². The van der Waals surface area contributed by atoms with Gasteiger partial charge in [0.25, 0.3) is 0 Å². The van der Waals surface area contributed by atoms with Gasteiger partial charge >= 0.3 is 12.1 Å². The van der Waals surface area contributed by atoms with Gasteiger partial charge in [-0.3, -0.25) is 9.48 Å². The molecule has 2 heterocycles. The summed E-state index contributed by atoms with van der Waals surface area (Å²) in [7, 11) is 1.83. The first kappa shape index (κ1) is 34.1. The van der Waals surface area contributed by atoms with E-state index in [0.29, 0.717) is 39.2 Å². The van der Waals surface area contributed by atoms with Crippen LogP contribution in [0.3, 0.4) is 0 Å². The van der Waals surface area contributed by atoms with E-state index >= 15 is 13.2 Å². The molecule has 0 fully saturated rings. The average Bonchev–Trinajstić information content (AvgIpc) is 3.46. The Labute approximate surface area is 278 Å². The number of alkyl halides is 3. The van der Waals surface area contributed by atoms with Crippen LogP contribution in [0.15, 0.2) is 54.6 Å². The van der Waals surface area contributed by atoms with Crippen LogP contribution in [-0.2, 0) is 42.1 Å². The second kappa shape index (κ2) is 13.9. The van der Waals surface area contributed by atoms with Crippen LogP contribution in [0.1, 0.15) is 58.2 Å². The van der Waals surface area contributed by atoms with Gasteiger partial charge in [0, 0.05) is 40.8 Å². The van der Waals surface area contributed by atoms with Gasteiger partial charge in [0.2, 0.25) is 0 Å². The van der Waals surface area contributed by atoms with E-state index in [1.165, 1.54) is 4.57 Å². The molecule has 0 amide bonds. The van der Waals surface area contributed by atoms with Crippen LogP contribution in [0.25, 0.3) is 22.0 Å². The van der Waals surface area contributed by atoms with Gasteiger partial charge in [-0.05, 0) is 87.4 Å². The van der Waals surface area contributed by atoms with E-state index in [0.717, 1.165) is 33.6 Å². The van der Waals surface area contributed by atoms with Crippen LogP contribution >= 0.6 is 11.6 Å². The monoisotopic (exact) mass is 665 g/mol. The van der Waals surface area contributed by atoms with E-state index in [1.54, 1.807) is 41.9 Å². The first-order valence-corrected chi connectivity index (χ1v) is 16.0. The molecule has 248 valence electrons. The van der Waals surface area contributed by atoms with Crippen molar-refractivity contribution in [2.45, 2.75) is 66.6 Å². The molecule has 0 saturated carbocycles. The quantitative estimate of drug-likeness (QED) is 0.104. The molecule has 0 N–H and O–H groups in total. The highest BCUT2D eigenvalue weighted by molar-refractivity contribution is 6.32. The lowest BCUT2D eigenvalue weighted by atomic mass is 9.98. The van der Waals surface area contributed by atoms with Crippen molar-refractivity contribution in [3.05, 3.63) is 105 Å². The molecule has 0 aliphatic carbocycles. The van der Waals surface area contributed by atoms with E-state index in [4.69, 9.17) is 21.1 Å². The molecule has 0 radical (unpaired) electrons. The molecule has 2 aromatic heterocycles. The van der Waals surface area contributed by atoms with Gasteiger partial charge in [-0.2, -0.15) is 18.3 Å². The summed E-state index contributed by atoms with van der Waals surface area (Å²) in [5.41, 5.74) is 6.37. The number of hydrogen-bond donors (Lipinski definition) is 0. The van der Waals surface area contributed by atoms with Crippen LogP contribution in [0.5, 0.6) is 5.75 Å². The summed E-state index contributed by atoms with van der Waals surface area (Å²) in [6.07, 6.45) is -3.99. The van der Waals surface area contributed by atoms with E-state index in [1.807, 2.05) is 59.0 Å². The Bertz CT molecular complexity index is 1900. The molecule has 0 unspecified atom stereocenters. The Morgan fingerprint density at radius 1 is 0.979 bits per heavy atom. The Hall–Kier alpha value is -4.24. The van der Waals surface area contributed by atoms with Crippen molar-refractivity contribution >= 4 is 28.5 Å². The number of carbonyl (C=O) groups excluding carboxylic acids is 1. The minimum Gasteiger partial charge on any atom is -0.494 e. The van der Waals surface area contributed by atoms with Crippen molar-refractivity contribution < 1.29 is 27.4 Å². The third-order valence-electron chi connectivity index (χ3n) is 8.50. The Kier molecular flexibility index (Phi) is 10.1. The van der Waals surface area contributed by atoms with Crippen LogP contribution in [0.4, 0.5) is 13.2 Å². The van der Waals surface area contributed by atoms with E-state index < -0.39 is 11.9 Å². The number of hydrogen-bond acceptors (Lipinski definition) is 4. The second-order valence-electron chi connectivity index (χ2n) is 11.9. The van der Waals surface area contributed by atoms with Crippen LogP contribution in [0.2, 0.25) is 5.02 Å². The van der Waals surface area contributed by atoms with Crippen molar-refractivity contribution in [2.24, 2.45) is 7.05 Å². The number of aryl methyl sites for hydroxylation is 5. The van der Waals surface area contributed by atoms with E-state index in [-0.39, 0.29) is 44.1 Å². The lowest BCUT2D eigenvalue weighted by molar-refractivity contribution is -0.144. The Balaban J connectivity index is 1.58. The molecular weight excluding hydrogens is 627 g/mol. The van der Waals surface area contributed by atoms with Gasteiger partial charge in [0.15, 0.2) is 0 Å². The van der Waals surface area contributed by atoms with E-state index in [2.05, 4.69) is 5.10 Å². The molecule has 6 nitrogen and oxygen atoms in total. The van der Waals surface area contributed by atoms with Crippen LogP contribution in [-0.4, -0.2) is 33.5 Å². The first-order chi connectivity index (χ1) is 22.3. The zero-order valence-electron chi connectivity index (χ0n) is 27.5. The number of halogens is 4. The molecule has 0 spiro atoms. The van der Waals surface area contributed by atoms with Crippen molar-refractivity contribution in [2.75, 3.05) is 13.2 Å². The Morgan fingerprint density at radius 2 is 1.64 bits per heavy atom. The fraction of sp³-hybridized carbons (Fsp3) is 0.351. The zero-order chi connectivity index (χ0) is 34.0. The van der Waals surface area contributed by atoms with Crippen LogP contribution < -0.4 is 4.74 Å². The molecule has 0 atom stereocenters. The SMILES string of the molecule is CCOC(=O)Cc1ccc(Cn2c(C(F)(F)F)c(CCCOc3cc(C)c(Cl)c(C)c3)c3cccc(-c4c(C)nn(C)c4C)c32)cc1. The summed E-state index contributed by atoms with van der Waals surface area (Å²) < 4.78 is 59.8. The number of aromatic nitrogens is 3. The standard InChI is InChI=1S/C37H39ClF3N3O3/c1-7-46-32(45)20-26-13-15-27(16-14-26)21-44-35-29(10-8-11-31(35)33-24(4)42-43(6)25(33)5)30(36(44)37(39,40)41)12-9-17-47-28-18-22(2)34(38)23(3)19-28/h8,10-11,13-16,18-19H,7,9,12,17,20-21H2,1-6H3. The van der Waals surface area contributed by atoms with Gasteiger partial charge in [0.05, 0.1) is 30.8 Å². The average molecular weight is 666 g/mol. The lowest BCUT2D eigenvalue weighted by Crippen LogP contribution is -2.17. The lowest BCUT2D eigenvalue weighted by Gasteiger charge is -2.17. The summed E-state index contributed by atoms with van der Waals surface area (Å²) in [5.74, 6) is 0.289. The Morgan fingerprint density at radius 3 is 2.23 bits per heavy atom. The molecule has 0 aliphatic rings. The van der Waals surface area contributed by atoms with Crippen molar-refractivity contribution in [3.63, 3.8) is 0 Å². The minimum absolute atomic E-state index is 0.0137. The molecule has 0 bridgehead atoms. The summed E-state index contributed by atoms with van der Waals surface area (Å²) in [4.78, 5) is 12.0. The summed E-state index contributed by atoms with van der Waals surface area (Å²) >= 11 is 6.30. The third kappa shape index (κ3) is 7.20. The maximum absolute atomic E-state index is 15.2. The molecule has 10 heteroatoms. The molecule has 5 aromatic rings. The van der Waals surface area contributed by atoms with E-state index in [9.17, 15) is 4.79 Å². The highest BCUT2D eigenvalue weighted by Gasteiger charge is 2.39. The number of rotatable bonds is 11. The topological polar surface area (TPSA) is 58.3 Å². The molecule has 5 rings (SSSR count). The number of carbonyl (C=O) groups is 1. The summed E-state index contributed by atoms with van der Waals surface area (Å²) in [5, 5.41) is 5.78. The second-order valence-corrected chi connectivity index (χ2v) is 12.3. The molecular formula is C37H39ClF3N3O3. The third-order valence-corrected chi connectivity index (χ3v) is 9.10. The van der Waals surface area contributed by atoms with Gasteiger partial charge < -0.3 is 14.0 Å². The fourth-order valence-corrected chi connectivity index (χ4v) is 6.44. The number of nitrogens with zero attached hydrogens (tertiary/aromatic N) is 3.